The molecule has 1 heterocycles. The van der Waals surface area contributed by atoms with Crippen molar-refractivity contribution in [2.24, 2.45) is 0 Å². The van der Waals surface area contributed by atoms with E-state index in [0.29, 0.717) is 16.9 Å². The van der Waals surface area contributed by atoms with E-state index >= 15 is 0 Å². The van der Waals surface area contributed by atoms with E-state index in [-0.39, 0.29) is 12.3 Å². The van der Waals surface area contributed by atoms with Gasteiger partial charge in [-0.2, -0.15) is 0 Å². The minimum absolute atomic E-state index is 0.0839. The molecule has 11 heteroatoms. The molecule has 188 valence electrons. The largest absolute Gasteiger partial charge is 0.491 e. The van der Waals surface area contributed by atoms with Gasteiger partial charge in [-0.3, -0.25) is 9.59 Å². The molecular weight excluding hydrogens is 461 g/mol. The molecule has 0 bridgehead atoms. The van der Waals surface area contributed by atoms with Gasteiger partial charge in [0.25, 0.3) is 11.8 Å². The van der Waals surface area contributed by atoms with Crippen molar-refractivity contribution in [1.29, 1.82) is 0 Å². The Bertz CT molecular complexity index is 1080. The molecule has 35 heavy (non-hydrogen) atoms. The molecule has 1 aliphatic heterocycles. The zero-order valence-electron chi connectivity index (χ0n) is 19.5. The average Bonchev–Trinajstić information content (AvgIpc) is 3.13. The van der Waals surface area contributed by atoms with Crippen LogP contribution in [0.5, 0.6) is 5.75 Å². The van der Waals surface area contributed by atoms with Crippen LogP contribution in [0.1, 0.15) is 24.1 Å². The lowest BCUT2D eigenvalue weighted by Crippen LogP contribution is -2.53. The topological polar surface area (TPSA) is 137 Å². The zero-order chi connectivity index (χ0) is 25.7. The lowest BCUT2D eigenvalue weighted by Gasteiger charge is -2.28. The molecule has 0 saturated carbocycles. The Hall–Kier alpha value is -3.54. The van der Waals surface area contributed by atoms with Gasteiger partial charge < -0.3 is 30.3 Å². The predicted molar refractivity (Wildman–Crippen MR) is 123 cm³/mol. The van der Waals surface area contributed by atoms with Crippen LogP contribution in [-0.4, -0.2) is 71.5 Å². The Morgan fingerprint density at radius 1 is 1.23 bits per heavy atom. The summed E-state index contributed by atoms with van der Waals surface area (Å²) in [6.45, 7) is 2.67. The highest BCUT2D eigenvalue weighted by Crippen LogP contribution is 2.27. The van der Waals surface area contributed by atoms with Crippen LogP contribution < -0.4 is 15.4 Å². The van der Waals surface area contributed by atoms with E-state index in [1.807, 2.05) is 0 Å². The number of hydrogen-bond acceptors (Lipinski definition) is 7. The molecule has 3 unspecified atom stereocenters. The van der Waals surface area contributed by atoms with Crippen molar-refractivity contribution in [2.45, 2.75) is 38.1 Å². The van der Waals surface area contributed by atoms with Crippen LogP contribution in [-0.2, 0) is 14.3 Å². The molecule has 1 saturated heterocycles. The van der Waals surface area contributed by atoms with Gasteiger partial charge >= 0.3 is 6.03 Å². The Morgan fingerprint density at radius 2 is 1.91 bits per heavy atom. The zero-order valence-corrected chi connectivity index (χ0v) is 19.5. The van der Waals surface area contributed by atoms with Gasteiger partial charge in [0.05, 0.1) is 18.4 Å². The van der Waals surface area contributed by atoms with E-state index in [9.17, 15) is 23.9 Å². The van der Waals surface area contributed by atoms with Crippen LogP contribution >= 0.6 is 0 Å². The first kappa shape index (κ1) is 26.1. The van der Waals surface area contributed by atoms with Crippen LogP contribution in [0.3, 0.4) is 0 Å². The van der Waals surface area contributed by atoms with Crippen molar-refractivity contribution in [1.82, 2.24) is 10.2 Å². The number of rotatable bonds is 10. The lowest BCUT2D eigenvalue weighted by molar-refractivity contribution is -0.137. The number of hydrogen-bond donors (Lipinski definition) is 4. The minimum Gasteiger partial charge on any atom is -0.491 e. The fourth-order valence-corrected chi connectivity index (χ4v) is 3.58. The van der Waals surface area contributed by atoms with Crippen LogP contribution in [0.15, 0.2) is 42.5 Å². The predicted octanol–water partition coefficient (Wildman–Crippen LogP) is 1.50. The number of nitrogens with one attached hydrogen (secondary N) is 2. The van der Waals surface area contributed by atoms with Crippen molar-refractivity contribution in [3.05, 3.63) is 59.4 Å². The second kappa shape index (κ2) is 11.3. The van der Waals surface area contributed by atoms with Crippen molar-refractivity contribution in [3.63, 3.8) is 0 Å². The van der Waals surface area contributed by atoms with Gasteiger partial charge in [-0.05, 0) is 49.2 Å². The van der Waals surface area contributed by atoms with Crippen molar-refractivity contribution in [2.75, 3.05) is 25.6 Å². The quantitative estimate of drug-likeness (QED) is 0.371. The molecule has 4 atom stereocenters. The highest BCUT2D eigenvalue weighted by Gasteiger charge is 2.47. The molecule has 1 fully saturated rings. The normalized spacial score (nSPS) is 18.1. The third kappa shape index (κ3) is 5.94. The summed E-state index contributed by atoms with van der Waals surface area (Å²) in [4.78, 5) is 39.9. The molecule has 4 amide bonds. The van der Waals surface area contributed by atoms with Crippen LogP contribution in [0.4, 0.5) is 14.9 Å². The summed E-state index contributed by atoms with van der Waals surface area (Å²) in [5, 5.41) is 23.2. The minimum atomic E-state index is -1.36. The summed E-state index contributed by atoms with van der Waals surface area (Å²) in [5.41, 5.74) is 1.02. The second-order valence-electron chi connectivity index (χ2n) is 8.17. The van der Waals surface area contributed by atoms with E-state index in [0.717, 1.165) is 4.90 Å². The smallest absolute Gasteiger partial charge is 0.325 e. The van der Waals surface area contributed by atoms with Gasteiger partial charge in [-0.15, -0.1) is 0 Å². The number of imide groups is 1. The van der Waals surface area contributed by atoms with E-state index in [2.05, 4.69) is 10.6 Å². The monoisotopic (exact) mass is 489 g/mol. The van der Waals surface area contributed by atoms with Gasteiger partial charge in [0.2, 0.25) is 0 Å². The molecule has 0 aromatic heterocycles. The number of methoxy groups -OCH3 is 1. The van der Waals surface area contributed by atoms with Crippen LogP contribution in [0.25, 0.3) is 0 Å². The van der Waals surface area contributed by atoms with Crippen LogP contribution in [0.2, 0.25) is 0 Å². The summed E-state index contributed by atoms with van der Waals surface area (Å²) in [5.74, 6) is -1.71. The summed E-state index contributed by atoms with van der Waals surface area (Å²) in [6, 6.07) is 7.27. The highest BCUT2D eigenvalue weighted by molar-refractivity contribution is 6.09. The standard InChI is InChI=1S/C24H28FN3O7/c1-13-4-9-19(18(25)10-13)26-22(31)21(14(2)34-3)28-23(32)20(27-24(28)33)15-5-7-17(8-6-15)35-12-16(30)11-29/h4-10,14,16,20-21,29-30H,11-12H2,1-3H3,(H,26,31)(H,27,33)/t14?,16?,20-,21?/m1/s1. The van der Waals surface area contributed by atoms with Gasteiger partial charge in [0.1, 0.15) is 36.4 Å². The van der Waals surface area contributed by atoms with Gasteiger partial charge in [-0.1, -0.05) is 18.2 Å². The molecule has 2 aromatic rings. The van der Waals surface area contributed by atoms with E-state index < -0.39 is 54.6 Å². The maximum Gasteiger partial charge on any atom is 0.325 e. The number of urea groups is 1. The average molecular weight is 490 g/mol. The Kier molecular flexibility index (Phi) is 8.39. The van der Waals surface area contributed by atoms with Crippen molar-refractivity contribution >= 4 is 23.5 Å². The van der Waals surface area contributed by atoms with E-state index in [4.69, 9.17) is 14.6 Å². The molecule has 1 aliphatic rings. The third-order valence-electron chi connectivity index (χ3n) is 5.58. The maximum atomic E-state index is 14.3. The third-order valence-corrected chi connectivity index (χ3v) is 5.58. The number of benzene rings is 2. The molecule has 0 radical (unpaired) electrons. The second-order valence-corrected chi connectivity index (χ2v) is 8.17. The fraction of sp³-hybridized carbons (Fsp3) is 0.375. The van der Waals surface area contributed by atoms with E-state index in [1.165, 1.54) is 26.2 Å². The first-order chi connectivity index (χ1) is 16.7. The SMILES string of the molecule is COC(C)C(C(=O)Nc1ccc(C)cc1F)N1C(=O)N[C@H](c2ccc(OCC(O)CO)cc2)C1=O. The van der Waals surface area contributed by atoms with Gasteiger partial charge in [-0.25, -0.2) is 14.1 Å². The summed E-state index contributed by atoms with van der Waals surface area (Å²) < 4.78 is 24.9. The number of nitrogens with zero attached hydrogens (tertiary/aromatic N) is 1. The number of aryl methyl sites for hydroxylation is 1. The molecule has 0 aliphatic carbocycles. The number of amides is 4. The maximum absolute atomic E-state index is 14.3. The van der Waals surface area contributed by atoms with Gasteiger partial charge in [0, 0.05) is 7.11 Å². The number of carbonyl (C=O) groups is 3. The lowest BCUT2D eigenvalue weighted by atomic mass is 10.0. The van der Waals surface area contributed by atoms with Crippen LogP contribution in [0, 0.1) is 12.7 Å². The number of carbonyl (C=O) groups excluding carboxylic acids is 3. The van der Waals surface area contributed by atoms with E-state index in [1.54, 1.807) is 37.3 Å². The van der Waals surface area contributed by atoms with Crippen molar-refractivity contribution < 1.29 is 38.5 Å². The van der Waals surface area contributed by atoms with Gasteiger partial charge in [0.15, 0.2) is 0 Å². The Balaban J connectivity index is 1.79. The Labute approximate surface area is 201 Å². The fourth-order valence-electron chi connectivity index (χ4n) is 3.58. The first-order valence-electron chi connectivity index (χ1n) is 10.9. The van der Waals surface area contributed by atoms with Crippen molar-refractivity contribution in [3.8, 4) is 5.75 Å². The molecule has 0 spiro atoms. The molecule has 2 aromatic carbocycles. The summed E-state index contributed by atoms with van der Waals surface area (Å²) in [7, 11) is 1.33. The molecule has 3 rings (SSSR count). The molecular formula is C24H28FN3O7. The number of aliphatic hydroxyl groups excluding tert-OH is 2. The summed E-state index contributed by atoms with van der Waals surface area (Å²) in [6.07, 6.45) is -1.91. The highest BCUT2D eigenvalue weighted by atomic mass is 19.1. The number of halogens is 1. The number of aliphatic hydroxyl groups is 2. The Morgan fingerprint density at radius 3 is 2.51 bits per heavy atom. The molecule has 10 nitrogen and oxygen atoms in total. The number of anilines is 1. The first-order valence-corrected chi connectivity index (χ1v) is 10.9. The summed E-state index contributed by atoms with van der Waals surface area (Å²) >= 11 is 0. The molecule has 4 N–H and O–H groups in total. The number of ether oxygens (including phenoxy) is 2.